The number of imidazole rings is 1. The number of aromatic nitrogens is 2. The van der Waals surface area contributed by atoms with Crippen LogP contribution in [0.2, 0.25) is 0 Å². The molecule has 1 aromatic carbocycles. The number of benzene rings is 1. The van der Waals surface area contributed by atoms with Crippen LogP contribution >= 0.6 is 0 Å². The van der Waals surface area contributed by atoms with Gasteiger partial charge in [-0.05, 0) is 19.1 Å². The van der Waals surface area contributed by atoms with Crippen LogP contribution in [0.25, 0.3) is 11.0 Å². The van der Waals surface area contributed by atoms with Crippen LogP contribution in [0.1, 0.15) is 19.9 Å². The van der Waals surface area contributed by atoms with E-state index in [1.54, 1.807) is 6.33 Å². The van der Waals surface area contributed by atoms with Crippen molar-refractivity contribution >= 4 is 16.9 Å². The molecule has 20 heavy (non-hydrogen) atoms. The fourth-order valence-corrected chi connectivity index (χ4v) is 2.41. The van der Waals surface area contributed by atoms with Crippen LogP contribution in [-0.2, 0) is 9.53 Å². The van der Waals surface area contributed by atoms with Gasteiger partial charge in [0.05, 0.1) is 30.6 Å². The molecule has 0 aliphatic carbocycles. The van der Waals surface area contributed by atoms with E-state index in [2.05, 4.69) is 17.2 Å². The number of nitrogens with one attached hydrogen (secondary N) is 1. The summed E-state index contributed by atoms with van der Waals surface area (Å²) >= 11 is 0. The quantitative estimate of drug-likeness (QED) is 0.923. The largest absolute Gasteiger partial charge is 0.380 e. The van der Waals surface area contributed by atoms with Crippen LogP contribution < -0.4 is 5.32 Å². The summed E-state index contributed by atoms with van der Waals surface area (Å²) in [7, 11) is 0. The topological polar surface area (TPSA) is 56.1 Å². The molecule has 1 aromatic heterocycles. The Balaban J connectivity index is 1.71. The molecule has 5 nitrogen and oxygen atoms in total. The molecule has 0 saturated carbocycles. The summed E-state index contributed by atoms with van der Waals surface area (Å²) in [5.41, 5.74) is 1.98. The summed E-state index contributed by atoms with van der Waals surface area (Å²) in [6.07, 6.45) is 1.73. The van der Waals surface area contributed by atoms with Crippen LogP contribution in [-0.4, -0.2) is 35.2 Å². The highest BCUT2D eigenvalue weighted by Gasteiger charge is 2.34. The van der Waals surface area contributed by atoms with Gasteiger partial charge in [0.2, 0.25) is 5.91 Å². The molecule has 106 valence electrons. The fourth-order valence-electron chi connectivity index (χ4n) is 2.41. The first-order valence-electron chi connectivity index (χ1n) is 6.86. The Morgan fingerprint density at radius 1 is 1.50 bits per heavy atom. The lowest BCUT2D eigenvalue weighted by molar-refractivity contribution is -0.129. The highest BCUT2D eigenvalue weighted by molar-refractivity contribution is 5.83. The molecule has 1 N–H and O–H groups in total. The van der Waals surface area contributed by atoms with E-state index in [-0.39, 0.29) is 17.4 Å². The van der Waals surface area contributed by atoms with Gasteiger partial charge in [-0.15, -0.1) is 0 Å². The third kappa shape index (κ3) is 2.29. The molecular formula is C15H19N3O2. The summed E-state index contributed by atoms with van der Waals surface area (Å²) < 4.78 is 7.10. The summed E-state index contributed by atoms with van der Waals surface area (Å²) in [4.78, 5) is 16.6. The van der Waals surface area contributed by atoms with Gasteiger partial charge in [0.1, 0.15) is 6.04 Å². The second-order valence-corrected chi connectivity index (χ2v) is 5.84. The highest BCUT2D eigenvalue weighted by Crippen LogP contribution is 2.25. The molecular weight excluding hydrogens is 254 g/mol. The Morgan fingerprint density at radius 3 is 2.95 bits per heavy atom. The Kier molecular flexibility index (Phi) is 3.22. The molecule has 2 heterocycles. The number of fused-ring (bicyclic) bond motifs is 1. The summed E-state index contributed by atoms with van der Waals surface area (Å²) in [5, 5.41) is 3.01. The van der Waals surface area contributed by atoms with Crippen molar-refractivity contribution in [3.8, 4) is 0 Å². The van der Waals surface area contributed by atoms with Crippen molar-refractivity contribution in [1.29, 1.82) is 0 Å². The van der Waals surface area contributed by atoms with Crippen molar-refractivity contribution in [2.45, 2.75) is 19.9 Å². The minimum atomic E-state index is -0.271. The van der Waals surface area contributed by atoms with Crippen molar-refractivity contribution in [2.24, 2.45) is 5.41 Å². The molecule has 1 atom stereocenters. The molecule has 2 aromatic rings. The lowest BCUT2D eigenvalue weighted by atomic mass is 9.89. The van der Waals surface area contributed by atoms with E-state index in [1.807, 2.05) is 35.8 Å². The number of nitrogens with zero attached hydrogens (tertiary/aromatic N) is 2. The van der Waals surface area contributed by atoms with E-state index in [0.717, 1.165) is 24.2 Å². The molecule has 0 spiro atoms. The lowest BCUT2D eigenvalue weighted by Crippen LogP contribution is -2.49. The van der Waals surface area contributed by atoms with Crippen LogP contribution in [0.3, 0.4) is 0 Å². The van der Waals surface area contributed by atoms with Gasteiger partial charge in [-0.2, -0.15) is 0 Å². The van der Waals surface area contributed by atoms with Gasteiger partial charge in [-0.25, -0.2) is 4.98 Å². The van der Waals surface area contributed by atoms with Crippen LogP contribution in [0, 0.1) is 5.41 Å². The van der Waals surface area contributed by atoms with Crippen LogP contribution in [0.15, 0.2) is 30.6 Å². The Morgan fingerprint density at radius 2 is 2.25 bits per heavy atom. The van der Waals surface area contributed by atoms with Crippen molar-refractivity contribution in [2.75, 3.05) is 19.8 Å². The zero-order chi connectivity index (χ0) is 14.2. The van der Waals surface area contributed by atoms with Crippen molar-refractivity contribution < 1.29 is 9.53 Å². The standard InChI is InChI=1S/C15H19N3O2/c1-11(14(19)16-7-15(2)8-20-9-15)18-10-17-12-5-3-4-6-13(12)18/h3-6,10-11H,7-9H2,1-2H3,(H,16,19). The van der Waals surface area contributed by atoms with Gasteiger partial charge >= 0.3 is 0 Å². The maximum Gasteiger partial charge on any atom is 0.242 e. The third-order valence-corrected chi connectivity index (χ3v) is 3.87. The molecule has 0 bridgehead atoms. The number of para-hydroxylation sites is 2. The molecule has 3 rings (SSSR count). The maximum absolute atomic E-state index is 12.3. The van der Waals surface area contributed by atoms with Gasteiger partial charge in [0.25, 0.3) is 0 Å². The number of amides is 1. The van der Waals surface area contributed by atoms with Gasteiger partial charge in [0.15, 0.2) is 0 Å². The molecule has 1 amide bonds. The first-order chi connectivity index (χ1) is 9.59. The predicted octanol–water partition coefficient (Wildman–Crippen LogP) is 1.75. The van der Waals surface area contributed by atoms with E-state index < -0.39 is 0 Å². The van der Waals surface area contributed by atoms with Crippen LogP contribution in [0.4, 0.5) is 0 Å². The van der Waals surface area contributed by atoms with Crippen molar-refractivity contribution in [1.82, 2.24) is 14.9 Å². The molecule has 5 heteroatoms. The number of carbonyl (C=O) groups is 1. The number of ether oxygens (including phenoxy) is 1. The summed E-state index contributed by atoms with van der Waals surface area (Å²) in [6, 6.07) is 7.56. The average molecular weight is 273 g/mol. The summed E-state index contributed by atoms with van der Waals surface area (Å²) in [6.45, 7) is 6.10. The summed E-state index contributed by atoms with van der Waals surface area (Å²) in [5.74, 6) is 0.0151. The van der Waals surface area contributed by atoms with Crippen molar-refractivity contribution in [3.05, 3.63) is 30.6 Å². The maximum atomic E-state index is 12.3. The van der Waals surface area contributed by atoms with E-state index >= 15 is 0 Å². The molecule has 1 aliphatic heterocycles. The fraction of sp³-hybridized carbons (Fsp3) is 0.467. The zero-order valence-corrected chi connectivity index (χ0v) is 11.8. The first-order valence-corrected chi connectivity index (χ1v) is 6.86. The minimum Gasteiger partial charge on any atom is -0.380 e. The molecule has 1 aliphatic rings. The Hall–Kier alpha value is -1.88. The number of rotatable bonds is 4. The predicted molar refractivity (Wildman–Crippen MR) is 76.4 cm³/mol. The normalized spacial score (nSPS) is 18.5. The monoisotopic (exact) mass is 273 g/mol. The molecule has 1 saturated heterocycles. The SMILES string of the molecule is CC(C(=O)NCC1(C)COC1)n1cnc2ccccc21. The number of carbonyl (C=O) groups excluding carboxylic acids is 1. The van der Waals surface area contributed by atoms with Crippen molar-refractivity contribution in [3.63, 3.8) is 0 Å². The van der Waals surface area contributed by atoms with Gasteiger partial charge < -0.3 is 14.6 Å². The third-order valence-electron chi connectivity index (χ3n) is 3.87. The number of hydrogen-bond acceptors (Lipinski definition) is 3. The van der Waals surface area contributed by atoms with E-state index in [1.165, 1.54) is 0 Å². The smallest absolute Gasteiger partial charge is 0.242 e. The number of hydrogen-bond donors (Lipinski definition) is 1. The lowest BCUT2D eigenvalue weighted by Gasteiger charge is -2.38. The van der Waals surface area contributed by atoms with Gasteiger partial charge in [0, 0.05) is 12.0 Å². The zero-order valence-electron chi connectivity index (χ0n) is 11.8. The minimum absolute atomic E-state index is 0.0151. The van der Waals surface area contributed by atoms with E-state index in [0.29, 0.717) is 6.54 Å². The molecule has 1 fully saturated rings. The average Bonchev–Trinajstić information content (AvgIpc) is 2.85. The first kappa shape index (κ1) is 13.1. The molecule has 0 radical (unpaired) electrons. The molecule has 1 unspecified atom stereocenters. The van der Waals surface area contributed by atoms with Gasteiger partial charge in [-0.3, -0.25) is 4.79 Å². The van der Waals surface area contributed by atoms with Gasteiger partial charge in [-0.1, -0.05) is 19.1 Å². The highest BCUT2D eigenvalue weighted by atomic mass is 16.5. The van der Waals surface area contributed by atoms with E-state index in [4.69, 9.17) is 4.74 Å². The van der Waals surface area contributed by atoms with E-state index in [9.17, 15) is 4.79 Å². The Labute approximate surface area is 117 Å². The second kappa shape index (κ2) is 4.90. The van der Waals surface area contributed by atoms with Crippen LogP contribution in [0.5, 0.6) is 0 Å². The second-order valence-electron chi connectivity index (χ2n) is 5.84. The Bertz CT molecular complexity index is 631.